The van der Waals surface area contributed by atoms with E-state index in [0.717, 1.165) is 31.9 Å². The molecule has 5 nitrogen and oxygen atoms in total. The highest BCUT2D eigenvalue weighted by Crippen LogP contribution is 2.18. The van der Waals surface area contributed by atoms with E-state index in [4.69, 9.17) is 5.73 Å². The Balaban J connectivity index is 2.11. The lowest BCUT2D eigenvalue weighted by molar-refractivity contribution is 0.102. The van der Waals surface area contributed by atoms with Crippen molar-refractivity contribution in [3.8, 4) is 0 Å². The van der Waals surface area contributed by atoms with Crippen molar-refractivity contribution in [3.05, 3.63) is 18.2 Å². The number of rotatable bonds is 3. The number of hydrogen-bond donors (Lipinski definition) is 1. The molecule has 1 fully saturated rings. The summed E-state index contributed by atoms with van der Waals surface area (Å²) in [5.41, 5.74) is 6.95. The van der Waals surface area contributed by atoms with Crippen LogP contribution >= 0.6 is 0 Å². The van der Waals surface area contributed by atoms with Crippen LogP contribution in [-0.4, -0.2) is 59.1 Å². The third-order valence-electron chi connectivity index (χ3n) is 3.76. The van der Waals surface area contributed by atoms with Crippen molar-refractivity contribution in [1.82, 2.24) is 19.4 Å². The largest absolute Gasteiger partial charge is 0.331 e. The molecule has 0 aromatic carbocycles. The first-order chi connectivity index (χ1) is 8.38. The first-order valence-corrected chi connectivity index (χ1v) is 6.56. The maximum absolute atomic E-state index is 6.18. The topological polar surface area (TPSA) is 50.3 Å². The number of imidazole rings is 1. The van der Waals surface area contributed by atoms with Crippen LogP contribution in [0.3, 0.4) is 0 Å². The summed E-state index contributed by atoms with van der Waals surface area (Å²) < 4.78 is 2.19. The van der Waals surface area contributed by atoms with Gasteiger partial charge in [-0.3, -0.25) is 4.90 Å². The van der Waals surface area contributed by atoms with Crippen LogP contribution in [0.4, 0.5) is 0 Å². The molecule has 102 valence electrons. The van der Waals surface area contributed by atoms with Crippen LogP contribution in [0, 0.1) is 0 Å². The van der Waals surface area contributed by atoms with Crippen LogP contribution in [0.2, 0.25) is 0 Å². The molecule has 1 atom stereocenters. The van der Waals surface area contributed by atoms with E-state index in [0.29, 0.717) is 6.04 Å². The molecule has 0 spiro atoms. The van der Waals surface area contributed by atoms with Gasteiger partial charge in [-0.05, 0) is 27.9 Å². The summed E-state index contributed by atoms with van der Waals surface area (Å²) >= 11 is 0. The second kappa shape index (κ2) is 4.99. The van der Waals surface area contributed by atoms with E-state index in [1.54, 1.807) is 0 Å². The molecule has 18 heavy (non-hydrogen) atoms. The Morgan fingerprint density at radius 2 is 2.11 bits per heavy atom. The van der Waals surface area contributed by atoms with E-state index in [1.165, 1.54) is 0 Å². The maximum atomic E-state index is 6.18. The van der Waals surface area contributed by atoms with Crippen LogP contribution in [0.5, 0.6) is 0 Å². The zero-order valence-electron chi connectivity index (χ0n) is 11.9. The number of likely N-dealkylation sites (N-methyl/N-ethyl adjacent to an activating group) is 2. The van der Waals surface area contributed by atoms with Crippen molar-refractivity contribution < 1.29 is 0 Å². The monoisotopic (exact) mass is 251 g/mol. The fourth-order valence-electron chi connectivity index (χ4n) is 2.53. The normalized spacial score (nSPS) is 23.5. The molecule has 0 aliphatic carbocycles. The fourth-order valence-corrected chi connectivity index (χ4v) is 2.53. The number of nitrogens with two attached hydrogens (primary N) is 1. The van der Waals surface area contributed by atoms with Crippen LogP contribution in [-0.2, 0) is 12.1 Å². The zero-order valence-corrected chi connectivity index (χ0v) is 11.9. The molecule has 1 aromatic heterocycles. The standard InChI is InChI=1S/C13H25N5/c1-13(2,14)12-7-15-10-18(12)9-11-8-16(3)5-6-17(11)4/h7,10-11H,5-6,8-9,14H2,1-4H3. The van der Waals surface area contributed by atoms with Crippen LogP contribution in [0.15, 0.2) is 12.5 Å². The van der Waals surface area contributed by atoms with Gasteiger partial charge in [0.25, 0.3) is 0 Å². The number of hydrogen-bond acceptors (Lipinski definition) is 4. The highest BCUT2D eigenvalue weighted by atomic mass is 15.3. The van der Waals surface area contributed by atoms with E-state index in [9.17, 15) is 0 Å². The second-order valence-electron chi connectivity index (χ2n) is 6.05. The Kier molecular flexibility index (Phi) is 3.75. The van der Waals surface area contributed by atoms with Crippen molar-refractivity contribution in [2.45, 2.75) is 32.0 Å². The molecule has 1 aromatic rings. The smallest absolute Gasteiger partial charge is 0.0949 e. The minimum absolute atomic E-state index is 0.338. The lowest BCUT2D eigenvalue weighted by Gasteiger charge is -2.38. The van der Waals surface area contributed by atoms with E-state index >= 15 is 0 Å². The van der Waals surface area contributed by atoms with Gasteiger partial charge in [-0.2, -0.15) is 0 Å². The molecule has 5 heteroatoms. The molecule has 1 aliphatic heterocycles. The quantitative estimate of drug-likeness (QED) is 0.841. The predicted molar refractivity (Wildman–Crippen MR) is 73.4 cm³/mol. The van der Waals surface area contributed by atoms with Crippen LogP contribution in [0.25, 0.3) is 0 Å². The Bertz CT molecular complexity index is 392. The third kappa shape index (κ3) is 2.91. The van der Waals surface area contributed by atoms with Gasteiger partial charge in [-0.15, -0.1) is 0 Å². The number of piperazine rings is 1. The summed E-state index contributed by atoms with van der Waals surface area (Å²) in [6.45, 7) is 8.37. The molecule has 0 saturated carbocycles. The molecule has 0 bridgehead atoms. The molecule has 2 rings (SSSR count). The van der Waals surface area contributed by atoms with Crippen molar-refractivity contribution in [2.24, 2.45) is 5.73 Å². The molecule has 2 N–H and O–H groups in total. The average Bonchev–Trinajstić information content (AvgIpc) is 2.71. The fraction of sp³-hybridized carbons (Fsp3) is 0.769. The molecule has 0 amide bonds. The van der Waals surface area contributed by atoms with Crippen molar-refractivity contribution in [1.29, 1.82) is 0 Å². The summed E-state index contributed by atoms with van der Waals surface area (Å²) in [5, 5.41) is 0. The molecule has 0 radical (unpaired) electrons. The molecule has 1 saturated heterocycles. The van der Waals surface area contributed by atoms with Crippen LogP contribution < -0.4 is 5.73 Å². The average molecular weight is 251 g/mol. The number of aromatic nitrogens is 2. The molecule has 1 unspecified atom stereocenters. The van der Waals surface area contributed by atoms with Gasteiger partial charge in [-0.1, -0.05) is 0 Å². The highest BCUT2D eigenvalue weighted by Gasteiger charge is 2.25. The zero-order chi connectivity index (χ0) is 13.3. The van der Waals surface area contributed by atoms with Gasteiger partial charge >= 0.3 is 0 Å². The van der Waals surface area contributed by atoms with Crippen molar-refractivity contribution in [2.75, 3.05) is 33.7 Å². The Morgan fingerprint density at radius 3 is 2.78 bits per heavy atom. The predicted octanol–water partition coefficient (Wildman–Crippen LogP) is 0.323. The van der Waals surface area contributed by atoms with Gasteiger partial charge in [0.1, 0.15) is 0 Å². The summed E-state index contributed by atoms with van der Waals surface area (Å²) in [6, 6.07) is 0.527. The first kappa shape index (κ1) is 13.5. The second-order valence-corrected chi connectivity index (χ2v) is 6.05. The summed E-state index contributed by atoms with van der Waals surface area (Å²) in [5.74, 6) is 0. The van der Waals surface area contributed by atoms with E-state index in [1.807, 2.05) is 26.4 Å². The van der Waals surface area contributed by atoms with Gasteiger partial charge in [0.05, 0.1) is 17.6 Å². The minimum atomic E-state index is -0.338. The highest BCUT2D eigenvalue weighted by molar-refractivity contribution is 5.10. The Labute approximate surface area is 110 Å². The molecule has 2 heterocycles. The number of nitrogens with zero attached hydrogens (tertiary/aromatic N) is 4. The van der Waals surface area contributed by atoms with E-state index < -0.39 is 0 Å². The van der Waals surface area contributed by atoms with Crippen LogP contribution in [0.1, 0.15) is 19.5 Å². The van der Waals surface area contributed by atoms with Gasteiger partial charge in [-0.25, -0.2) is 4.98 Å². The maximum Gasteiger partial charge on any atom is 0.0949 e. The van der Waals surface area contributed by atoms with Gasteiger partial charge in [0.15, 0.2) is 0 Å². The van der Waals surface area contributed by atoms with Crippen molar-refractivity contribution >= 4 is 0 Å². The SMILES string of the molecule is CN1CCN(C)C(Cn2cncc2C(C)(C)N)C1. The van der Waals surface area contributed by atoms with Gasteiger partial charge in [0, 0.05) is 38.4 Å². The lowest BCUT2D eigenvalue weighted by Crippen LogP contribution is -2.51. The van der Waals surface area contributed by atoms with E-state index in [2.05, 4.69) is 33.4 Å². The van der Waals surface area contributed by atoms with Crippen molar-refractivity contribution in [3.63, 3.8) is 0 Å². The van der Waals surface area contributed by atoms with Gasteiger partial charge in [0.2, 0.25) is 0 Å². The van der Waals surface area contributed by atoms with E-state index in [-0.39, 0.29) is 5.54 Å². The molecular weight excluding hydrogens is 226 g/mol. The lowest BCUT2D eigenvalue weighted by atomic mass is 10.0. The molecular formula is C13H25N5. The first-order valence-electron chi connectivity index (χ1n) is 6.56. The summed E-state index contributed by atoms with van der Waals surface area (Å²) in [4.78, 5) is 9.06. The molecule has 1 aliphatic rings. The minimum Gasteiger partial charge on any atom is -0.331 e. The summed E-state index contributed by atoms with van der Waals surface area (Å²) in [7, 11) is 4.38. The summed E-state index contributed by atoms with van der Waals surface area (Å²) in [6.07, 6.45) is 3.78. The Hall–Kier alpha value is -0.910. The Morgan fingerprint density at radius 1 is 1.39 bits per heavy atom. The van der Waals surface area contributed by atoms with Gasteiger partial charge < -0.3 is 15.2 Å². The third-order valence-corrected chi connectivity index (χ3v) is 3.76.